The molecule has 1 aromatic carbocycles. The van der Waals surface area contributed by atoms with Crippen molar-refractivity contribution >= 4 is 33.6 Å². The van der Waals surface area contributed by atoms with Crippen LogP contribution in [-0.2, 0) is 22.8 Å². The van der Waals surface area contributed by atoms with Gasteiger partial charge in [-0.05, 0) is 43.2 Å². The molecule has 1 aliphatic rings. The van der Waals surface area contributed by atoms with E-state index in [0.29, 0.717) is 24.6 Å². The highest BCUT2D eigenvalue weighted by atomic mass is 32.2. The third-order valence-corrected chi connectivity index (χ3v) is 8.07. The zero-order chi connectivity index (χ0) is 23.4. The van der Waals surface area contributed by atoms with Gasteiger partial charge in [-0.1, -0.05) is 17.8 Å². The van der Waals surface area contributed by atoms with Crippen molar-refractivity contribution in [1.29, 1.82) is 0 Å². The molecular formula is C21H23N5O5S2. The minimum Gasteiger partial charge on any atom is -0.455 e. The van der Waals surface area contributed by atoms with Crippen molar-refractivity contribution < 1.29 is 22.4 Å². The highest BCUT2D eigenvalue weighted by molar-refractivity contribution is 7.98. The van der Waals surface area contributed by atoms with Crippen LogP contribution in [0.3, 0.4) is 0 Å². The molecule has 10 nitrogen and oxygen atoms in total. The number of amides is 2. The van der Waals surface area contributed by atoms with Crippen LogP contribution in [-0.4, -0.2) is 47.2 Å². The number of carbonyl (C=O) groups is 2. The predicted molar refractivity (Wildman–Crippen MR) is 121 cm³/mol. The van der Waals surface area contributed by atoms with Crippen molar-refractivity contribution in [2.45, 2.75) is 28.6 Å². The maximum absolute atomic E-state index is 12.7. The van der Waals surface area contributed by atoms with E-state index in [-0.39, 0.29) is 16.2 Å². The molecule has 0 unspecified atom stereocenters. The summed E-state index contributed by atoms with van der Waals surface area (Å²) < 4.78 is 34.3. The number of imidazole rings is 1. The van der Waals surface area contributed by atoms with Crippen molar-refractivity contribution in [1.82, 2.24) is 24.7 Å². The van der Waals surface area contributed by atoms with E-state index in [1.165, 1.54) is 46.4 Å². The molecule has 0 atom stereocenters. The fraction of sp³-hybridized carbons (Fsp3) is 0.286. The van der Waals surface area contributed by atoms with Gasteiger partial charge in [0, 0.05) is 38.1 Å². The number of aryl methyl sites for hydroxylation is 1. The number of nitrogens with zero attached hydrogens (tertiary/aromatic N) is 3. The summed E-state index contributed by atoms with van der Waals surface area (Å²) in [5.41, 5.74) is 4.69. The van der Waals surface area contributed by atoms with Gasteiger partial charge in [-0.25, -0.2) is 13.4 Å². The Labute approximate surface area is 195 Å². The first-order chi connectivity index (χ1) is 15.8. The number of carbonyl (C=O) groups excluding carboxylic acids is 2. The molecular weight excluding hydrogens is 466 g/mol. The number of hydrogen-bond donors (Lipinski definition) is 2. The van der Waals surface area contributed by atoms with Crippen molar-refractivity contribution in [3.8, 4) is 0 Å². The van der Waals surface area contributed by atoms with Gasteiger partial charge < -0.3 is 8.98 Å². The molecule has 0 saturated carbocycles. The first-order valence-corrected chi connectivity index (χ1v) is 12.7. The van der Waals surface area contributed by atoms with E-state index in [1.807, 2.05) is 17.8 Å². The number of hydrogen-bond acceptors (Lipinski definition) is 7. The minimum absolute atomic E-state index is 0.0381. The van der Waals surface area contributed by atoms with Gasteiger partial charge in [0.05, 0.1) is 10.6 Å². The molecule has 1 aliphatic heterocycles. The molecule has 2 amide bonds. The maximum Gasteiger partial charge on any atom is 0.305 e. The number of furan rings is 1. The van der Waals surface area contributed by atoms with Crippen LogP contribution in [0.15, 0.2) is 63.3 Å². The Morgan fingerprint density at radius 2 is 1.88 bits per heavy atom. The zero-order valence-corrected chi connectivity index (χ0v) is 19.5. The summed E-state index contributed by atoms with van der Waals surface area (Å²) in [5, 5.41) is 0.818. The molecule has 3 heterocycles. The summed E-state index contributed by atoms with van der Waals surface area (Å²) in [6.07, 6.45) is 5.18. The Kier molecular flexibility index (Phi) is 6.86. The normalized spacial score (nSPS) is 14.3. The van der Waals surface area contributed by atoms with Crippen LogP contribution in [0.2, 0.25) is 0 Å². The molecule has 33 heavy (non-hydrogen) atoms. The van der Waals surface area contributed by atoms with Gasteiger partial charge >= 0.3 is 5.91 Å². The molecule has 2 N–H and O–H groups in total. The highest BCUT2D eigenvalue weighted by Crippen LogP contribution is 2.23. The summed E-state index contributed by atoms with van der Waals surface area (Å²) in [7, 11) is -1.76. The zero-order valence-electron chi connectivity index (χ0n) is 17.9. The lowest BCUT2D eigenvalue weighted by Gasteiger charge is -2.16. The highest BCUT2D eigenvalue weighted by Gasteiger charge is 2.27. The van der Waals surface area contributed by atoms with Gasteiger partial charge in [0.25, 0.3) is 5.91 Å². The molecule has 12 heteroatoms. The summed E-state index contributed by atoms with van der Waals surface area (Å²) in [5.74, 6) is -0.158. The topological polar surface area (TPSA) is 127 Å². The molecule has 174 valence electrons. The molecule has 3 aromatic rings. The minimum atomic E-state index is -3.65. The molecule has 0 aliphatic carbocycles. The summed E-state index contributed by atoms with van der Waals surface area (Å²) >= 11 is 1.46. The summed E-state index contributed by atoms with van der Waals surface area (Å²) in [6.45, 7) is 0.945. The number of rotatable bonds is 7. The van der Waals surface area contributed by atoms with Gasteiger partial charge in [-0.3, -0.25) is 20.4 Å². The second-order valence-corrected chi connectivity index (χ2v) is 10.3. The Morgan fingerprint density at radius 1 is 1.12 bits per heavy atom. The fourth-order valence-corrected chi connectivity index (χ4v) is 5.72. The third-order valence-electron chi connectivity index (χ3n) is 5.09. The molecule has 1 fully saturated rings. The molecule has 1 saturated heterocycles. The van der Waals surface area contributed by atoms with Gasteiger partial charge in [0.1, 0.15) is 5.76 Å². The Balaban J connectivity index is 1.34. The van der Waals surface area contributed by atoms with E-state index in [4.69, 9.17) is 4.42 Å². The van der Waals surface area contributed by atoms with Crippen LogP contribution in [0.4, 0.5) is 0 Å². The Bertz CT molecular complexity index is 1260. The standard InChI is InChI=1S/C21H23N5O5S2/c1-25-12-9-22-21(25)32-14-16-7-8-18(31-16)20(28)24-23-19(27)15-5-4-6-17(13-15)33(29,30)26-10-2-3-11-26/h4-9,12-13H,2-3,10-11,14H2,1H3,(H,23,27)(H,24,28). The number of hydrazine groups is 1. The van der Waals surface area contributed by atoms with E-state index in [2.05, 4.69) is 15.8 Å². The number of sulfonamides is 1. The van der Waals surface area contributed by atoms with E-state index in [0.717, 1.165) is 18.0 Å². The Morgan fingerprint density at radius 3 is 2.61 bits per heavy atom. The smallest absolute Gasteiger partial charge is 0.305 e. The lowest BCUT2D eigenvalue weighted by molar-refractivity contribution is 0.0830. The average Bonchev–Trinajstić information content (AvgIpc) is 3.58. The first-order valence-electron chi connectivity index (χ1n) is 10.2. The van der Waals surface area contributed by atoms with Crippen LogP contribution in [0, 0.1) is 0 Å². The molecule has 0 spiro atoms. The van der Waals surface area contributed by atoms with E-state index in [1.54, 1.807) is 12.3 Å². The number of benzene rings is 1. The average molecular weight is 490 g/mol. The van der Waals surface area contributed by atoms with E-state index < -0.39 is 21.8 Å². The van der Waals surface area contributed by atoms with Crippen molar-refractivity contribution in [2.24, 2.45) is 7.05 Å². The first kappa shape index (κ1) is 23.1. The summed E-state index contributed by atoms with van der Waals surface area (Å²) in [4.78, 5) is 29.1. The van der Waals surface area contributed by atoms with Crippen molar-refractivity contribution in [3.05, 3.63) is 65.9 Å². The SMILES string of the molecule is Cn1ccnc1SCc1ccc(C(=O)NNC(=O)c2cccc(S(=O)(=O)N3CCCC3)c2)o1. The third kappa shape index (κ3) is 5.29. The second-order valence-electron chi connectivity index (χ2n) is 7.42. The quantitative estimate of drug-likeness (QED) is 0.385. The molecule has 4 rings (SSSR count). The van der Waals surface area contributed by atoms with Gasteiger partial charge in [0.15, 0.2) is 10.9 Å². The van der Waals surface area contributed by atoms with Crippen LogP contribution in [0.25, 0.3) is 0 Å². The van der Waals surface area contributed by atoms with E-state index in [9.17, 15) is 18.0 Å². The lowest BCUT2D eigenvalue weighted by atomic mass is 10.2. The largest absolute Gasteiger partial charge is 0.455 e. The van der Waals surface area contributed by atoms with Crippen molar-refractivity contribution in [3.63, 3.8) is 0 Å². The lowest BCUT2D eigenvalue weighted by Crippen LogP contribution is -2.41. The van der Waals surface area contributed by atoms with Gasteiger partial charge in [-0.2, -0.15) is 4.31 Å². The number of nitrogens with one attached hydrogen (secondary N) is 2. The number of aromatic nitrogens is 2. The second kappa shape index (κ2) is 9.81. The van der Waals surface area contributed by atoms with E-state index >= 15 is 0 Å². The molecule has 2 aromatic heterocycles. The van der Waals surface area contributed by atoms with Gasteiger partial charge in [-0.15, -0.1) is 0 Å². The van der Waals surface area contributed by atoms with Crippen LogP contribution >= 0.6 is 11.8 Å². The summed E-state index contributed by atoms with van der Waals surface area (Å²) in [6, 6.07) is 8.92. The monoisotopic (exact) mass is 489 g/mol. The van der Waals surface area contributed by atoms with Gasteiger partial charge in [0.2, 0.25) is 10.0 Å². The van der Waals surface area contributed by atoms with Crippen LogP contribution < -0.4 is 10.9 Å². The van der Waals surface area contributed by atoms with Crippen LogP contribution in [0.5, 0.6) is 0 Å². The molecule has 0 bridgehead atoms. The predicted octanol–water partition coefficient (Wildman–Crippen LogP) is 2.16. The molecule has 0 radical (unpaired) electrons. The van der Waals surface area contributed by atoms with Crippen molar-refractivity contribution in [2.75, 3.05) is 13.1 Å². The number of thioether (sulfide) groups is 1. The maximum atomic E-state index is 12.7. The Hall–Kier alpha value is -3.09. The van der Waals surface area contributed by atoms with Crippen LogP contribution in [0.1, 0.15) is 39.5 Å². The fourth-order valence-electron chi connectivity index (χ4n) is 3.33.